The van der Waals surface area contributed by atoms with Gasteiger partial charge in [-0.25, -0.2) is 4.79 Å². The lowest BCUT2D eigenvalue weighted by Crippen LogP contribution is -2.55. The Bertz CT molecular complexity index is 895. The zero-order valence-corrected chi connectivity index (χ0v) is 17.7. The van der Waals surface area contributed by atoms with Crippen LogP contribution < -0.4 is 14.5 Å². The summed E-state index contributed by atoms with van der Waals surface area (Å²) in [4.78, 5) is 22.1. The monoisotopic (exact) mass is 406 g/mol. The van der Waals surface area contributed by atoms with Gasteiger partial charge in [-0.15, -0.1) is 0 Å². The molecule has 0 radical (unpaired) electrons. The van der Waals surface area contributed by atoms with E-state index in [2.05, 4.69) is 34.9 Å². The number of benzene rings is 2. The minimum atomic E-state index is 0.0892. The fourth-order valence-electron chi connectivity index (χ4n) is 4.95. The number of para-hydroxylation sites is 2. The highest BCUT2D eigenvalue weighted by Crippen LogP contribution is 2.37. The molecule has 1 unspecified atom stereocenters. The summed E-state index contributed by atoms with van der Waals surface area (Å²) in [5, 5.41) is 0. The van der Waals surface area contributed by atoms with Crippen LogP contribution in [0.15, 0.2) is 48.5 Å². The van der Waals surface area contributed by atoms with Crippen LogP contribution in [0.5, 0.6) is 5.75 Å². The van der Waals surface area contributed by atoms with Gasteiger partial charge in [0.1, 0.15) is 11.9 Å². The molecule has 2 aromatic carbocycles. The maximum absolute atomic E-state index is 13.2. The summed E-state index contributed by atoms with van der Waals surface area (Å²) in [6.45, 7) is 8.26. The number of hydrogen-bond donors (Lipinski definition) is 0. The van der Waals surface area contributed by atoms with Crippen molar-refractivity contribution in [2.24, 2.45) is 0 Å². The quantitative estimate of drug-likeness (QED) is 0.763. The Morgan fingerprint density at radius 1 is 1.00 bits per heavy atom. The minimum absolute atomic E-state index is 0.0892. The fourth-order valence-corrected chi connectivity index (χ4v) is 4.95. The van der Waals surface area contributed by atoms with Gasteiger partial charge in [-0.2, -0.15) is 0 Å². The van der Waals surface area contributed by atoms with E-state index in [1.807, 2.05) is 40.1 Å². The summed E-state index contributed by atoms with van der Waals surface area (Å²) < 4.78 is 5.92. The van der Waals surface area contributed by atoms with Crippen LogP contribution in [0.2, 0.25) is 0 Å². The van der Waals surface area contributed by atoms with Gasteiger partial charge >= 0.3 is 6.03 Å². The third-order valence-electron chi connectivity index (χ3n) is 6.46. The number of fused-ring (bicyclic) bond motifs is 1. The van der Waals surface area contributed by atoms with Gasteiger partial charge in [-0.3, -0.25) is 9.80 Å². The van der Waals surface area contributed by atoms with Crippen LogP contribution >= 0.6 is 0 Å². The van der Waals surface area contributed by atoms with E-state index in [0.29, 0.717) is 0 Å². The van der Waals surface area contributed by atoms with E-state index in [9.17, 15) is 4.79 Å². The molecule has 2 aromatic rings. The lowest BCUT2D eigenvalue weighted by Gasteiger charge is -2.41. The van der Waals surface area contributed by atoms with E-state index in [1.54, 1.807) is 0 Å². The molecule has 3 heterocycles. The zero-order valence-electron chi connectivity index (χ0n) is 17.7. The molecule has 0 bridgehead atoms. The van der Waals surface area contributed by atoms with E-state index in [1.165, 1.54) is 11.3 Å². The first-order chi connectivity index (χ1) is 14.8. The van der Waals surface area contributed by atoms with Crippen LogP contribution in [0.4, 0.5) is 16.2 Å². The molecule has 3 aliphatic rings. The van der Waals surface area contributed by atoms with Gasteiger partial charge in [0.2, 0.25) is 0 Å². The molecule has 30 heavy (non-hydrogen) atoms. The number of nitrogens with zero attached hydrogens (tertiary/aromatic N) is 4. The molecule has 5 rings (SSSR count). The summed E-state index contributed by atoms with van der Waals surface area (Å²) in [6, 6.07) is 16.7. The smallest absolute Gasteiger partial charge is 0.325 e. The van der Waals surface area contributed by atoms with Crippen LogP contribution in [0.1, 0.15) is 18.9 Å². The average molecular weight is 407 g/mol. The van der Waals surface area contributed by atoms with Crippen molar-refractivity contribution in [3.05, 3.63) is 54.1 Å². The molecule has 2 saturated heterocycles. The van der Waals surface area contributed by atoms with Gasteiger partial charge in [0.25, 0.3) is 0 Å². The number of carbonyl (C=O) groups is 1. The molecule has 0 aliphatic carbocycles. The van der Waals surface area contributed by atoms with E-state index in [4.69, 9.17) is 4.74 Å². The third-order valence-corrected chi connectivity index (χ3v) is 6.46. The molecule has 2 amide bonds. The number of urea groups is 1. The van der Waals surface area contributed by atoms with Crippen molar-refractivity contribution in [1.82, 2.24) is 9.80 Å². The Labute approximate surface area is 178 Å². The maximum Gasteiger partial charge on any atom is 0.325 e. The highest BCUT2D eigenvalue weighted by atomic mass is 16.5. The van der Waals surface area contributed by atoms with Crippen LogP contribution in [0, 0.1) is 0 Å². The molecule has 2 fully saturated rings. The van der Waals surface area contributed by atoms with E-state index >= 15 is 0 Å². The van der Waals surface area contributed by atoms with Crippen LogP contribution in [-0.4, -0.2) is 67.9 Å². The summed E-state index contributed by atoms with van der Waals surface area (Å²) in [5.41, 5.74) is 3.53. The Balaban J connectivity index is 1.33. The van der Waals surface area contributed by atoms with Crippen molar-refractivity contribution in [2.75, 3.05) is 55.7 Å². The maximum atomic E-state index is 13.2. The SMILES string of the molecule is CCCN1CC(N2CCN(c3cccc4c3OCC4)CC2)N(c2ccccc2)C1=O. The molecule has 6 nitrogen and oxygen atoms in total. The van der Waals surface area contributed by atoms with Crippen LogP contribution in [0.3, 0.4) is 0 Å². The number of rotatable bonds is 5. The standard InChI is InChI=1S/C24H30N4O2/c1-2-12-27-18-22(28(24(27)29)20-8-4-3-5-9-20)26-15-13-25(14-16-26)21-10-6-7-19-11-17-30-23(19)21/h3-10,22H,2,11-18H2,1H3. The Kier molecular flexibility index (Phi) is 5.25. The van der Waals surface area contributed by atoms with Crippen LogP contribution in [0.25, 0.3) is 0 Å². The van der Waals surface area contributed by atoms with E-state index in [0.717, 1.165) is 70.2 Å². The number of amides is 2. The van der Waals surface area contributed by atoms with E-state index < -0.39 is 0 Å². The average Bonchev–Trinajstić information content (AvgIpc) is 3.40. The molecule has 1 atom stereocenters. The van der Waals surface area contributed by atoms with Gasteiger partial charge in [0, 0.05) is 44.8 Å². The number of hydrogen-bond acceptors (Lipinski definition) is 4. The van der Waals surface area contributed by atoms with Gasteiger partial charge < -0.3 is 14.5 Å². The first kappa shape index (κ1) is 19.2. The molecule has 0 spiro atoms. The molecule has 158 valence electrons. The second-order valence-corrected chi connectivity index (χ2v) is 8.30. The van der Waals surface area contributed by atoms with Crippen molar-refractivity contribution >= 4 is 17.4 Å². The minimum Gasteiger partial charge on any atom is -0.491 e. The first-order valence-electron chi connectivity index (χ1n) is 11.1. The summed E-state index contributed by atoms with van der Waals surface area (Å²) in [7, 11) is 0. The number of piperazine rings is 1. The highest BCUT2D eigenvalue weighted by Gasteiger charge is 2.41. The van der Waals surface area contributed by atoms with Crippen molar-refractivity contribution < 1.29 is 9.53 Å². The van der Waals surface area contributed by atoms with E-state index in [-0.39, 0.29) is 12.2 Å². The third kappa shape index (κ3) is 3.39. The molecule has 3 aliphatic heterocycles. The number of ether oxygens (including phenoxy) is 1. The van der Waals surface area contributed by atoms with Crippen molar-refractivity contribution in [3.63, 3.8) is 0 Å². The lowest BCUT2D eigenvalue weighted by atomic mass is 10.1. The van der Waals surface area contributed by atoms with Crippen molar-refractivity contribution in [2.45, 2.75) is 25.9 Å². The van der Waals surface area contributed by atoms with Gasteiger partial charge in [0.15, 0.2) is 0 Å². The second kappa shape index (κ2) is 8.19. The summed E-state index contributed by atoms with van der Waals surface area (Å²) in [6.07, 6.45) is 2.08. The fraction of sp³-hybridized carbons (Fsp3) is 0.458. The summed E-state index contributed by atoms with van der Waals surface area (Å²) >= 11 is 0. The molecular weight excluding hydrogens is 376 g/mol. The Morgan fingerprint density at radius 2 is 1.80 bits per heavy atom. The second-order valence-electron chi connectivity index (χ2n) is 8.30. The van der Waals surface area contributed by atoms with Gasteiger partial charge in [-0.05, 0) is 30.2 Å². The van der Waals surface area contributed by atoms with Crippen molar-refractivity contribution in [3.8, 4) is 5.75 Å². The number of carbonyl (C=O) groups excluding carboxylic acids is 1. The molecule has 0 aromatic heterocycles. The highest BCUT2D eigenvalue weighted by molar-refractivity contribution is 5.94. The van der Waals surface area contributed by atoms with Gasteiger partial charge in [-0.1, -0.05) is 37.3 Å². The predicted octanol–water partition coefficient (Wildman–Crippen LogP) is 3.42. The number of anilines is 2. The van der Waals surface area contributed by atoms with Crippen LogP contribution in [-0.2, 0) is 6.42 Å². The first-order valence-corrected chi connectivity index (χ1v) is 11.1. The zero-order chi connectivity index (χ0) is 20.5. The largest absolute Gasteiger partial charge is 0.491 e. The molecule has 0 N–H and O–H groups in total. The normalized spacial score (nSPS) is 21.8. The predicted molar refractivity (Wildman–Crippen MR) is 119 cm³/mol. The topological polar surface area (TPSA) is 39.3 Å². The molecule has 6 heteroatoms. The lowest BCUT2D eigenvalue weighted by molar-refractivity contribution is 0.182. The summed E-state index contributed by atoms with van der Waals surface area (Å²) in [5.74, 6) is 1.07. The Morgan fingerprint density at radius 3 is 2.57 bits per heavy atom. The Hall–Kier alpha value is -2.73. The van der Waals surface area contributed by atoms with Gasteiger partial charge in [0.05, 0.1) is 18.8 Å². The molecular formula is C24H30N4O2. The molecule has 0 saturated carbocycles. The van der Waals surface area contributed by atoms with Crippen molar-refractivity contribution in [1.29, 1.82) is 0 Å².